The molecule has 0 amide bonds. The van der Waals surface area contributed by atoms with E-state index in [-0.39, 0.29) is 5.96 Å². The number of aryl methyl sites for hydroxylation is 1. The topological polar surface area (TPSA) is 81.7 Å². The molecule has 2 rings (SSSR count). The third kappa shape index (κ3) is 3.70. The fourth-order valence-electron chi connectivity index (χ4n) is 1.84. The van der Waals surface area contributed by atoms with Gasteiger partial charge >= 0.3 is 0 Å². The van der Waals surface area contributed by atoms with Gasteiger partial charge in [0.15, 0.2) is 0 Å². The first-order valence-corrected chi connectivity index (χ1v) is 6.09. The normalized spacial score (nSPS) is 10.7. The van der Waals surface area contributed by atoms with Gasteiger partial charge in [-0.2, -0.15) is 5.10 Å². The molecule has 1 aromatic carbocycles. The zero-order chi connectivity index (χ0) is 13.5. The maximum atomic E-state index is 5.18. The molecule has 0 saturated heterocycles. The van der Waals surface area contributed by atoms with Crippen LogP contribution in [0.4, 0.5) is 0 Å². The van der Waals surface area contributed by atoms with Crippen molar-refractivity contribution in [1.82, 2.24) is 4.57 Å². The van der Waals surface area contributed by atoms with E-state index in [4.69, 9.17) is 11.5 Å². The molecule has 0 aliphatic heterocycles. The number of nitrogens with zero attached hydrogens (tertiary/aromatic N) is 3. The largest absolute Gasteiger partial charge is 0.369 e. The van der Waals surface area contributed by atoms with E-state index in [1.54, 1.807) is 6.21 Å². The molecule has 4 N–H and O–H groups in total. The van der Waals surface area contributed by atoms with Crippen LogP contribution in [-0.4, -0.2) is 16.7 Å². The first-order valence-electron chi connectivity index (χ1n) is 6.09. The van der Waals surface area contributed by atoms with E-state index in [2.05, 4.69) is 39.2 Å². The average Bonchev–Trinajstić information content (AvgIpc) is 2.87. The number of nitrogens with two attached hydrogens (primary N) is 2. The molecule has 0 aliphatic rings. The summed E-state index contributed by atoms with van der Waals surface area (Å²) >= 11 is 0. The molecule has 0 unspecified atom stereocenters. The summed E-state index contributed by atoms with van der Waals surface area (Å²) in [5.41, 5.74) is 12.7. The number of para-hydroxylation sites is 1. The summed E-state index contributed by atoms with van der Waals surface area (Å²) in [6, 6.07) is 14.4. The molecule has 0 spiro atoms. The number of aromatic nitrogens is 1. The van der Waals surface area contributed by atoms with Gasteiger partial charge in [0.05, 0.1) is 0 Å². The minimum absolute atomic E-state index is 0.0242. The van der Waals surface area contributed by atoms with E-state index in [1.165, 1.54) is 5.69 Å². The van der Waals surface area contributed by atoms with Crippen LogP contribution in [0.1, 0.15) is 12.1 Å². The van der Waals surface area contributed by atoms with Gasteiger partial charge < -0.3 is 16.0 Å². The van der Waals surface area contributed by atoms with Crippen molar-refractivity contribution >= 4 is 12.2 Å². The Morgan fingerprint density at radius 1 is 1.11 bits per heavy atom. The van der Waals surface area contributed by atoms with Crippen LogP contribution in [0.25, 0.3) is 5.69 Å². The van der Waals surface area contributed by atoms with Crippen LogP contribution >= 0.6 is 0 Å². The maximum absolute atomic E-state index is 5.18. The van der Waals surface area contributed by atoms with Gasteiger partial charge in [-0.25, -0.2) is 0 Å². The highest BCUT2D eigenvalue weighted by Gasteiger charge is 2.01. The molecule has 0 aliphatic carbocycles. The molecular weight excluding hydrogens is 238 g/mol. The van der Waals surface area contributed by atoms with Gasteiger partial charge in [-0.1, -0.05) is 18.2 Å². The zero-order valence-corrected chi connectivity index (χ0v) is 10.6. The van der Waals surface area contributed by atoms with Crippen LogP contribution in [0.3, 0.4) is 0 Å². The summed E-state index contributed by atoms with van der Waals surface area (Å²) in [6.45, 7) is 0. The minimum atomic E-state index is -0.0242. The minimum Gasteiger partial charge on any atom is -0.369 e. The Morgan fingerprint density at radius 3 is 2.63 bits per heavy atom. The van der Waals surface area contributed by atoms with Gasteiger partial charge in [-0.15, -0.1) is 5.10 Å². The molecule has 0 bridgehead atoms. The molecule has 0 atom stereocenters. The van der Waals surface area contributed by atoms with Gasteiger partial charge in [0.1, 0.15) is 0 Å². The summed E-state index contributed by atoms with van der Waals surface area (Å²) < 4.78 is 2.16. The van der Waals surface area contributed by atoms with E-state index >= 15 is 0 Å². The van der Waals surface area contributed by atoms with Crippen LogP contribution in [0, 0.1) is 0 Å². The Bertz CT molecular complexity index is 565. The van der Waals surface area contributed by atoms with Crippen LogP contribution in [0.5, 0.6) is 0 Å². The van der Waals surface area contributed by atoms with Crippen molar-refractivity contribution in [3.63, 3.8) is 0 Å². The Hall–Kier alpha value is -2.56. The standard InChI is InChI=1S/C14H17N5/c15-14(16)18-17-10-4-8-13-9-5-11-19(13)12-6-2-1-3-7-12/h1-3,5-7,9-11H,4,8H2,(H4,15,16,18). The molecule has 0 radical (unpaired) electrons. The zero-order valence-electron chi connectivity index (χ0n) is 10.6. The molecule has 0 fully saturated rings. The Balaban J connectivity index is 2.01. The molecule has 1 heterocycles. The van der Waals surface area contributed by atoms with Gasteiger partial charge in [0.25, 0.3) is 0 Å². The Labute approximate surface area is 112 Å². The molecule has 0 saturated carbocycles. The first kappa shape index (κ1) is 12.9. The van der Waals surface area contributed by atoms with Gasteiger partial charge in [-0.05, 0) is 37.1 Å². The summed E-state index contributed by atoms with van der Waals surface area (Å²) in [5, 5.41) is 7.34. The van der Waals surface area contributed by atoms with Gasteiger partial charge in [-0.3, -0.25) is 0 Å². The Kier molecular flexibility index (Phi) is 4.34. The van der Waals surface area contributed by atoms with Crippen molar-refractivity contribution in [2.75, 3.05) is 0 Å². The van der Waals surface area contributed by atoms with Crippen molar-refractivity contribution < 1.29 is 0 Å². The molecule has 1 aromatic heterocycles. The second-order valence-electron chi connectivity index (χ2n) is 4.07. The quantitative estimate of drug-likeness (QED) is 0.484. The number of rotatable bonds is 5. The highest BCUT2D eigenvalue weighted by molar-refractivity contribution is 5.76. The lowest BCUT2D eigenvalue weighted by Gasteiger charge is -2.07. The number of guanidine groups is 1. The van der Waals surface area contributed by atoms with Gasteiger partial charge in [0, 0.05) is 23.8 Å². The Morgan fingerprint density at radius 2 is 1.89 bits per heavy atom. The monoisotopic (exact) mass is 255 g/mol. The third-order valence-corrected chi connectivity index (χ3v) is 2.65. The van der Waals surface area contributed by atoms with Crippen molar-refractivity contribution in [2.24, 2.45) is 21.7 Å². The summed E-state index contributed by atoms with van der Waals surface area (Å²) in [5.74, 6) is -0.0242. The molecule has 98 valence electrons. The highest BCUT2D eigenvalue weighted by Crippen LogP contribution is 2.13. The molecule has 2 aromatic rings. The lowest BCUT2D eigenvalue weighted by Crippen LogP contribution is -2.21. The lowest BCUT2D eigenvalue weighted by molar-refractivity contribution is 0.905. The van der Waals surface area contributed by atoms with E-state index in [9.17, 15) is 0 Å². The average molecular weight is 255 g/mol. The number of hydrogen-bond donors (Lipinski definition) is 2. The predicted octanol–water partition coefficient (Wildman–Crippen LogP) is 1.67. The summed E-state index contributed by atoms with van der Waals surface area (Å²) in [7, 11) is 0. The fraction of sp³-hybridized carbons (Fsp3) is 0.143. The van der Waals surface area contributed by atoms with Crippen molar-refractivity contribution in [1.29, 1.82) is 0 Å². The first-order chi connectivity index (χ1) is 9.27. The fourth-order valence-corrected chi connectivity index (χ4v) is 1.84. The van der Waals surface area contributed by atoms with E-state index in [0.717, 1.165) is 18.5 Å². The number of benzene rings is 1. The van der Waals surface area contributed by atoms with Crippen molar-refractivity contribution in [3.05, 3.63) is 54.4 Å². The van der Waals surface area contributed by atoms with Gasteiger partial charge in [0.2, 0.25) is 5.96 Å². The molecule has 19 heavy (non-hydrogen) atoms. The van der Waals surface area contributed by atoms with E-state index in [1.807, 2.05) is 24.3 Å². The second-order valence-corrected chi connectivity index (χ2v) is 4.07. The second kappa shape index (κ2) is 6.39. The van der Waals surface area contributed by atoms with E-state index < -0.39 is 0 Å². The summed E-state index contributed by atoms with van der Waals surface area (Å²) in [6.07, 6.45) is 5.43. The predicted molar refractivity (Wildman–Crippen MR) is 78.4 cm³/mol. The molecule has 5 heteroatoms. The smallest absolute Gasteiger partial charge is 0.211 e. The lowest BCUT2D eigenvalue weighted by atomic mass is 10.2. The van der Waals surface area contributed by atoms with Crippen LogP contribution in [0.2, 0.25) is 0 Å². The molecule has 5 nitrogen and oxygen atoms in total. The van der Waals surface area contributed by atoms with Crippen molar-refractivity contribution in [3.8, 4) is 5.69 Å². The number of hydrogen-bond acceptors (Lipinski definition) is 2. The van der Waals surface area contributed by atoms with Crippen LogP contribution < -0.4 is 11.5 Å². The molecular formula is C14H17N5. The summed E-state index contributed by atoms with van der Waals surface area (Å²) in [4.78, 5) is 0. The van der Waals surface area contributed by atoms with E-state index in [0.29, 0.717) is 0 Å². The van der Waals surface area contributed by atoms with Crippen LogP contribution in [-0.2, 0) is 6.42 Å². The SMILES string of the molecule is NC(N)=NN=CCCc1cccn1-c1ccccc1. The van der Waals surface area contributed by atoms with Crippen molar-refractivity contribution in [2.45, 2.75) is 12.8 Å². The van der Waals surface area contributed by atoms with Crippen LogP contribution in [0.15, 0.2) is 58.9 Å². The third-order valence-electron chi connectivity index (χ3n) is 2.65. The highest BCUT2D eigenvalue weighted by atomic mass is 15.3. The maximum Gasteiger partial charge on any atom is 0.211 e.